The van der Waals surface area contributed by atoms with Crippen LogP contribution in [0.1, 0.15) is 19.8 Å². The average molecular weight is 299 g/mol. The maximum absolute atomic E-state index is 11.9. The van der Waals surface area contributed by atoms with Crippen LogP contribution in [0.2, 0.25) is 0 Å². The summed E-state index contributed by atoms with van der Waals surface area (Å²) >= 11 is 1.56. The van der Waals surface area contributed by atoms with Crippen LogP contribution in [-0.2, 0) is 20.0 Å². The van der Waals surface area contributed by atoms with Gasteiger partial charge in [-0.2, -0.15) is 0 Å². The van der Waals surface area contributed by atoms with E-state index in [2.05, 4.69) is 6.92 Å². The van der Waals surface area contributed by atoms with Crippen molar-refractivity contribution in [3.63, 3.8) is 0 Å². The van der Waals surface area contributed by atoms with E-state index in [9.17, 15) is 8.42 Å². The number of hydrogen-bond donors (Lipinski definition) is 1. The van der Waals surface area contributed by atoms with Crippen molar-refractivity contribution in [2.75, 3.05) is 11.5 Å². The van der Waals surface area contributed by atoms with Crippen molar-refractivity contribution in [2.45, 2.75) is 29.1 Å². The molecule has 92 valence electrons. The third-order valence-electron chi connectivity index (χ3n) is 2.79. The zero-order valence-corrected chi connectivity index (χ0v) is 12.4. The summed E-state index contributed by atoms with van der Waals surface area (Å²) in [5.41, 5.74) is 0. The molecule has 0 aromatic heterocycles. The second-order valence-electron chi connectivity index (χ2n) is 4.07. The van der Waals surface area contributed by atoms with E-state index in [1.807, 2.05) is 22.3 Å². The Balaban J connectivity index is 2.30. The number of rotatable bonds is 2. The topological polar surface area (TPSA) is 60.2 Å². The molecule has 2 heterocycles. The van der Waals surface area contributed by atoms with Gasteiger partial charge >= 0.3 is 0 Å². The molecule has 0 aromatic rings. The van der Waals surface area contributed by atoms with Crippen LogP contribution in [0, 0.1) is 0 Å². The van der Waals surface area contributed by atoms with E-state index >= 15 is 0 Å². The van der Waals surface area contributed by atoms with E-state index in [0.717, 1.165) is 12.2 Å². The highest BCUT2D eigenvalue weighted by atomic mass is 33.1. The standard InChI is InChI=1S/C9H16NO2S4/c1-8-3-2-6-15(14-8)9(16(10,11)12)4-5-13-7-9/h4-5,8H,2-3,6-7H2,1H3,(H2,10,11,12)/q+1. The van der Waals surface area contributed by atoms with Gasteiger partial charge in [0, 0.05) is 0 Å². The van der Waals surface area contributed by atoms with Crippen molar-refractivity contribution in [2.24, 2.45) is 5.14 Å². The van der Waals surface area contributed by atoms with Gasteiger partial charge in [-0.05, 0) is 31.2 Å². The second-order valence-corrected chi connectivity index (χ2v) is 11.6. The number of primary sulfonamides is 1. The first-order chi connectivity index (χ1) is 7.46. The van der Waals surface area contributed by atoms with Gasteiger partial charge in [-0.15, -0.1) is 11.8 Å². The molecule has 3 atom stereocenters. The fourth-order valence-corrected chi connectivity index (χ4v) is 12.3. The summed E-state index contributed by atoms with van der Waals surface area (Å²) in [6.07, 6.45) is 4.12. The molecule has 2 aliphatic heterocycles. The van der Waals surface area contributed by atoms with Crippen LogP contribution >= 0.6 is 22.6 Å². The van der Waals surface area contributed by atoms with Gasteiger partial charge < -0.3 is 0 Å². The van der Waals surface area contributed by atoms with Crippen LogP contribution in [0.4, 0.5) is 0 Å². The van der Waals surface area contributed by atoms with Gasteiger partial charge in [0.2, 0.25) is 0 Å². The first-order valence-electron chi connectivity index (χ1n) is 5.15. The number of nitrogens with two attached hydrogens (primary N) is 1. The Bertz CT molecular complexity index is 394. The highest BCUT2D eigenvalue weighted by molar-refractivity contribution is 8.76. The maximum atomic E-state index is 11.9. The first-order valence-corrected chi connectivity index (χ1v) is 10.5. The van der Waals surface area contributed by atoms with Crippen LogP contribution in [0.3, 0.4) is 0 Å². The lowest BCUT2D eigenvalue weighted by Gasteiger charge is -2.28. The lowest BCUT2D eigenvalue weighted by Crippen LogP contribution is -2.50. The number of sulfonamides is 1. The van der Waals surface area contributed by atoms with Gasteiger partial charge in [0.05, 0.1) is 31.7 Å². The van der Waals surface area contributed by atoms with Gasteiger partial charge in [0.15, 0.2) is 0 Å². The van der Waals surface area contributed by atoms with E-state index in [4.69, 9.17) is 5.14 Å². The molecule has 2 rings (SSSR count). The molecular weight excluding hydrogens is 282 g/mol. The average Bonchev–Trinajstić information content (AvgIpc) is 2.66. The minimum absolute atomic E-state index is 0.182. The van der Waals surface area contributed by atoms with E-state index in [0.29, 0.717) is 11.0 Å². The lowest BCUT2D eigenvalue weighted by atomic mass is 10.3. The molecule has 0 bridgehead atoms. The SMILES string of the molecule is CC1CCC[S+](C2(S(N)(=O)=O)C=CSC2)S1. The molecule has 0 aliphatic carbocycles. The van der Waals surface area contributed by atoms with E-state index < -0.39 is 14.1 Å². The molecule has 0 amide bonds. The molecule has 1 fully saturated rings. The normalized spacial score (nSPS) is 40.1. The Labute approximate surface area is 108 Å². The van der Waals surface area contributed by atoms with Crippen LogP contribution in [0.15, 0.2) is 11.5 Å². The third-order valence-corrected chi connectivity index (χ3v) is 12.5. The molecule has 0 aromatic carbocycles. The fraction of sp³-hybridized carbons (Fsp3) is 0.778. The monoisotopic (exact) mass is 298 g/mol. The molecule has 1 saturated heterocycles. The third kappa shape index (κ3) is 2.29. The molecule has 2 N–H and O–H groups in total. The lowest BCUT2D eigenvalue weighted by molar-refractivity contribution is 0.590. The Morgan fingerprint density at radius 3 is 2.81 bits per heavy atom. The van der Waals surface area contributed by atoms with Gasteiger partial charge in [-0.3, -0.25) is 0 Å². The fourth-order valence-electron chi connectivity index (χ4n) is 1.86. The zero-order valence-electron chi connectivity index (χ0n) is 9.09. The van der Waals surface area contributed by atoms with Crippen LogP contribution in [0.25, 0.3) is 0 Å². The highest BCUT2D eigenvalue weighted by Crippen LogP contribution is 2.46. The molecule has 0 spiro atoms. The van der Waals surface area contributed by atoms with E-state index in [-0.39, 0.29) is 9.93 Å². The van der Waals surface area contributed by atoms with Gasteiger partial charge in [0.25, 0.3) is 14.1 Å². The Morgan fingerprint density at radius 2 is 2.31 bits per heavy atom. The van der Waals surface area contributed by atoms with Gasteiger partial charge in [-0.1, -0.05) is 0 Å². The van der Waals surface area contributed by atoms with Crippen molar-refractivity contribution in [1.82, 2.24) is 0 Å². The van der Waals surface area contributed by atoms with Crippen LogP contribution < -0.4 is 5.14 Å². The molecule has 2 aliphatic rings. The molecule has 16 heavy (non-hydrogen) atoms. The summed E-state index contributed by atoms with van der Waals surface area (Å²) in [5, 5.41) is 7.89. The summed E-state index contributed by atoms with van der Waals surface area (Å²) in [7, 11) is -1.87. The van der Waals surface area contributed by atoms with Gasteiger partial charge in [0.1, 0.15) is 5.75 Å². The van der Waals surface area contributed by atoms with E-state index in [1.165, 1.54) is 6.42 Å². The Kier molecular flexibility index (Phi) is 3.91. The Morgan fingerprint density at radius 1 is 1.56 bits per heavy atom. The number of hydrogen-bond acceptors (Lipinski definition) is 4. The first kappa shape index (κ1) is 13.1. The quantitative estimate of drug-likeness (QED) is 0.622. The second kappa shape index (κ2) is 4.76. The van der Waals surface area contributed by atoms with Crippen LogP contribution in [-0.4, -0.2) is 29.3 Å². The van der Waals surface area contributed by atoms with Crippen molar-refractivity contribution in [3.05, 3.63) is 11.5 Å². The minimum atomic E-state index is -3.50. The Hall–Kier alpha value is 0.700. The largest absolute Gasteiger partial charge is 0.279 e. The smallest absolute Gasteiger partial charge is 0.224 e. The molecule has 0 saturated carbocycles. The van der Waals surface area contributed by atoms with Crippen molar-refractivity contribution in [1.29, 1.82) is 0 Å². The molecular formula is C9H16NO2S4+. The minimum Gasteiger partial charge on any atom is -0.224 e. The van der Waals surface area contributed by atoms with Crippen molar-refractivity contribution < 1.29 is 8.42 Å². The summed E-state index contributed by atoms with van der Waals surface area (Å²) in [6, 6.07) is 0. The van der Waals surface area contributed by atoms with Crippen LogP contribution in [0.5, 0.6) is 0 Å². The molecule has 7 heteroatoms. The summed E-state index contributed by atoms with van der Waals surface area (Å²) in [4.78, 5) is 0. The molecule has 0 radical (unpaired) electrons. The predicted octanol–water partition coefficient (Wildman–Crippen LogP) is 1.68. The van der Waals surface area contributed by atoms with E-state index in [1.54, 1.807) is 11.8 Å². The molecule has 3 nitrogen and oxygen atoms in total. The van der Waals surface area contributed by atoms with Crippen molar-refractivity contribution in [3.8, 4) is 0 Å². The highest BCUT2D eigenvalue weighted by Gasteiger charge is 2.58. The zero-order chi connectivity index (χ0) is 11.8. The maximum Gasteiger partial charge on any atom is 0.279 e. The predicted molar refractivity (Wildman–Crippen MR) is 76.0 cm³/mol. The summed E-state index contributed by atoms with van der Waals surface area (Å²) < 4.78 is 22.9. The summed E-state index contributed by atoms with van der Waals surface area (Å²) in [5.74, 6) is 1.57. The van der Waals surface area contributed by atoms with Crippen molar-refractivity contribution >= 4 is 42.5 Å². The summed E-state index contributed by atoms with van der Waals surface area (Å²) in [6.45, 7) is 2.17. The van der Waals surface area contributed by atoms with Gasteiger partial charge in [-0.25, -0.2) is 13.6 Å². The number of thioether (sulfide) groups is 1. The molecule has 3 unspecified atom stereocenters.